The van der Waals surface area contributed by atoms with Crippen molar-refractivity contribution in [2.45, 2.75) is 25.7 Å². The van der Waals surface area contributed by atoms with Gasteiger partial charge in [0, 0.05) is 11.5 Å². The lowest BCUT2D eigenvalue weighted by Crippen LogP contribution is -2.20. The first-order chi connectivity index (χ1) is 8.75. The molecule has 0 radical (unpaired) electrons. The highest BCUT2D eigenvalue weighted by atomic mass is 16.1. The molecule has 0 aliphatic heterocycles. The second kappa shape index (κ2) is 4.41. The zero-order valence-electron chi connectivity index (χ0n) is 10.5. The fourth-order valence-corrected chi connectivity index (χ4v) is 2.71. The number of hydrogen-bond acceptors (Lipinski definition) is 1. The lowest BCUT2D eigenvalue weighted by atomic mass is 9.79. The van der Waals surface area contributed by atoms with Crippen LogP contribution in [-0.2, 0) is 6.42 Å². The summed E-state index contributed by atoms with van der Waals surface area (Å²) >= 11 is 0. The first kappa shape index (κ1) is 11.2. The summed E-state index contributed by atoms with van der Waals surface area (Å²) in [5.74, 6) is 0.321. The van der Waals surface area contributed by atoms with Crippen molar-refractivity contribution in [1.29, 1.82) is 0 Å². The molecule has 90 valence electrons. The van der Waals surface area contributed by atoms with Gasteiger partial charge in [-0.1, -0.05) is 54.1 Å². The van der Waals surface area contributed by atoms with Gasteiger partial charge in [0.25, 0.3) is 0 Å². The van der Waals surface area contributed by atoms with Crippen molar-refractivity contribution in [3.8, 4) is 0 Å². The molecule has 1 aliphatic rings. The van der Waals surface area contributed by atoms with E-state index in [4.69, 9.17) is 0 Å². The van der Waals surface area contributed by atoms with Crippen LogP contribution < -0.4 is 0 Å². The molecule has 0 aromatic heterocycles. The van der Waals surface area contributed by atoms with Crippen molar-refractivity contribution in [3.63, 3.8) is 0 Å². The first-order valence-corrected chi connectivity index (χ1v) is 6.44. The van der Waals surface area contributed by atoms with Crippen molar-refractivity contribution < 1.29 is 4.79 Å². The number of benzene rings is 2. The molecule has 0 spiro atoms. The molecule has 0 amide bonds. The van der Waals surface area contributed by atoms with Gasteiger partial charge in [-0.25, -0.2) is 0 Å². The lowest BCUT2D eigenvalue weighted by Gasteiger charge is -2.23. The highest BCUT2D eigenvalue weighted by Crippen LogP contribution is 2.32. The largest absolute Gasteiger partial charge is 0.293 e. The molecule has 0 bridgehead atoms. The number of ketones is 1. The minimum atomic E-state index is 0.0421. The summed E-state index contributed by atoms with van der Waals surface area (Å²) in [6, 6.07) is 16.3. The molecule has 1 nitrogen and oxygen atoms in total. The summed E-state index contributed by atoms with van der Waals surface area (Å²) < 4.78 is 0. The van der Waals surface area contributed by atoms with E-state index in [2.05, 4.69) is 37.3 Å². The van der Waals surface area contributed by atoms with Crippen LogP contribution in [0, 0.1) is 6.92 Å². The molecule has 0 saturated heterocycles. The summed E-state index contributed by atoms with van der Waals surface area (Å²) in [6.45, 7) is 2.07. The highest BCUT2D eigenvalue weighted by molar-refractivity contribution is 6.03. The fraction of sp³-hybridized carbons (Fsp3) is 0.235. The topological polar surface area (TPSA) is 17.1 Å². The lowest BCUT2D eigenvalue weighted by molar-refractivity contribution is 0.0946. The van der Waals surface area contributed by atoms with Gasteiger partial charge in [0.2, 0.25) is 0 Å². The Kier molecular flexibility index (Phi) is 2.75. The second-order valence-electron chi connectivity index (χ2n) is 5.02. The van der Waals surface area contributed by atoms with Crippen LogP contribution in [0.3, 0.4) is 0 Å². The van der Waals surface area contributed by atoms with E-state index in [0.717, 1.165) is 24.0 Å². The smallest absolute Gasteiger partial charge is 0.170 e. The Morgan fingerprint density at radius 2 is 1.72 bits per heavy atom. The summed E-state index contributed by atoms with van der Waals surface area (Å²) in [4.78, 5) is 12.5. The van der Waals surface area contributed by atoms with Crippen LogP contribution in [0.5, 0.6) is 0 Å². The van der Waals surface area contributed by atoms with Gasteiger partial charge in [-0.05, 0) is 30.9 Å². The fourth-order valence-electron chi connectivity index (χ4n) is 2.71. The van der Waals surface area contributed by atoms with Crippen molar-refractivity contribution in [2.24, 2.45) is 0 Å². The Morgan fingerprint density at radius 3 is 2.50 bits per heavy atom. The molecule has 0 heterocycles. The Labute approximate surface area is 107 Å². The van der Waals surface area contributed by atoms with Gasteiger partial charge in [0.1, 0.15) is 0 Å². The summed E-state index contributed by atoms with van der Waals surface area (Å²) in [7, 11) is 0. The van der Waals surface area contributed by atoms with E-state index in [0.29, 0.717) is 0 Å². The molecule has 0 unspecified atom stereocenters. The molecule has 2 aromatic carbocycles. The van der Waals surface area contributed by atoms with E-state index in [1.165, 1.54) is 11.1 Å². The SMILES string of the molecule is Cc1ccc([C@H]2CCc3ccccc3C2=O)cc1. The first-order valence-electron chi connectivity index (χ1n) is 6.44. The Balaban J connectivity index is 1.97. The normalized spacial score (nSPS) is 18.5. The van der Waals surface area contributed by atoms with Crippen LogP contribution in [0.25, 0.3) is 0 Å². The molecule has 3 rings (SSSR count). The van der Waals surface area contributed by atoms with Gasteiger partial charge < -0.3 is 0 Å². The summed E-state index contributed by atoms with van der Waals surface area (Å²) in [6.07, 6.45) is 1.93. The summed E-state index contributed by atoms with van der Waals surface area (Å²) in [5.41, 5.74) is 4.50. The predicted octanol–water partition coefficient (Wildman–Crippen LogP) is 3.91. The van der Waals surface area contributed by atoms with E-state index in [1.54, 1.807) is 0 Å². The molecule has 1 atom stereocenters. The van der Waals surface area contributed by atoms with Crippen LogP contribution in [0.4, 0.5) is 0 Å². The van der Waals surface area contributed by atoms with E-state index in [9.17, 15) is 4.79 Å². The van der Waals surface area contributed by atoms with Crippen LogP contribution in [0.2, 0.25) is 0 Å². The molecule has 0 fully saturated rings. The number of rotatable bonds is 1. The standard InChI is InChI=1S/C17H16O/c1-12-6-8-14(9-7-12)16-11-10-13-4-2-3-5-15(13)17(16)18/h2-9,16H,10-11H2,1H3/t16-/m1/s1. The van der Waals surface area contributed by atoms with Gasteiger partial charge in [-0.2, -0.15) is 0 Å². The van der Waals surface area contributed by atoms with Crippen LogP contribution in [0.1, 0.15) is 39.4 Å². The average Bonchev–Trinajstić information content (AvgIpc) is 2.41. The number of aryl methyl sites for hydroxylation is 2. The molecule has 1 heteroatoms. The van der Waals surface area contributed by atoms with E-state index < -0.39 is 0 Å². The van der Waals surface area contributed by atoms with E-state index in [1.807, 2.05) is 18.2 Å². The minimum absolute atomic E-state index is 0.0421. The molecular formula is C17H16O. The van der Waals surface area contributed by atoms with Crippen molar-refractivity contribution in [2.75, 3.05) is 0 Å². The highest BCUT2D eigenvalue weighted by Gasteiger charge is 2.27. The quantitative estimate of drug-likeness (QED) is 0.733. The van der Waals surface area contributed by atoms with Crippen LogP contribution in [0.15, 0.2) is 48.5 Å². The minimum Gasteiger partial charge on any atom is -0.293 e. The van der Waals surface area contributed by atoms with Crippen LogP contribution in [-0.4, -0.2) is 5.78 Å². The zero-order chi connectivity index (χ0) is 12.5. The monoisotopic (exact) mass is 236 g/mol. The third-order valence-corrected chi connectivity index (χ3v) is 3.78. The average molecular weight is 236 g/mol. The van der Waals surface area contributed by atoms with Gasteiger partial charge in [0.15, 0.2) is 5.78 Å². The Hall–Kier alpha value is -1.89. The Morgan fingerprint density at radius 1 is 1.00 bits per heavy atom. The molecule has 2 aromatic rings. The molecule has 1 aliphatic carbocycles. The van der Waals surface area contributed by atoms with Gasteiger partial charge in [-0.3, -0.25) is 4.79 Å². The van der Waals surface area contributed by atoms with Gasteiger partial charge >= 0.3 is 0 Å². The maximum Gasteiger partial charge on any atom is 0.170 e. The van der Waals surface area contributed by atoms with Crippen molar-refractivity contribution in [3.05, 3.63) is 70.8 Å². The van der Waals surface area contributed by atoms with Crippen molar-refractivity contribution in [1.82, 2.24) is 0 Å². The summed E-state index contributed by atoms with van der Waals surface area (Å²) in [5, 5.41) is 0. The third kappa shape index (κ3) is 1.86. The maximum atomic E-state index is 12.5. The third-order valence-electron chi connectivity index (χ3n) is 3.78. The van der Waals surface area contributed by atoms with E-state index >= 15 is 0 Å². The zero-order valence-corrected chi connectivity index (χ0v) is 10.5. The molecule has 0 saturated carbocycles. The second-order valence-corrected chi connectivity index (χ2v) is 5.02. The molecule has 0 N–H and O–H groups in total. The Bertz CT molecular complexity index is 581. The van der Waals surface area contributed by atoms with Gasteiger partial charge in [0.05, 0.1) is 0 Å². The number of fused-ring (bicyclic) bond motifs is 1. The van der Waals surface area contributed by atoms with Gasteiger partial charge in [-0.15, -0.1) is 0 Å². The predicted molar refractivity (Wildman–Crippen MR) is 73.0 cm³/mol. The maximum absolute atomic E-state index is 12.5. The van der Waals surface area contributed by atoms with Crippen molar-refractivity contribution >= 4 is 5.78 Å². The molecular weight excluding hydrogens is 220 g/mol. The van der Waals surface area contributed by atoms with E-state index in [-0.39, 0.29) is 11.7 Å². The number of hydrogen-bond donors (Lipinski definition) is 0. The van der Waals surface area contributed by atoms with Crippen LogP contribution >= 0.6 is 0 Å². The number of carbonyl (C=O) groups excluding carboxylic acids is 1. The molecule has 18 heavy (non-hydrogen) atoms. The number of Topliss-reactive ketones (excluding diaryl/α,β-unsaturated/α-hetero) is 1. The number of carbonyl (C=O) groups is 1.